The number of hydrogen-bond acceptors (Lipinski definition) is 2. The Morgan fingerprint density at radius 2 is 1.68 bits per heavy atom. The number of nitriles is 1. The maximum atomic E-state index is 8.83. The molecule has 0 saturated heterocycles. The summed E-state index contributed by atoms with van der Waals surface area (Å²) in [7, 11) is 1.77. The highest BCUT2D eigenvalue weighted by molar-refractivity contribution is 14.0. The molecule has 0 aliphatic carbocycles. The fraction of sp³-hybridized carbons (Fsp3) is 0.300. The van der Waals surface area contributed by atoms with Crippen molar-refractivity contribution in [3.05, 3.63) is 71.3 Å². The molecule has 0 atom stereocenters. The molecule has 0 saturated carbocycles. The predicted octanol–water partition coefficient (Wildman–Crippen LogP) is 3.82. The molecule has 2 N–H and O–H groups in total. The highest BCUT2D eigenvalue weighted by Crippen LogP contribution is 2.21. The number of rotatable bonds is 5. The lowest BCUT2D eigenvalue weighted by atomic mass is 9.85. The number of aliphatic imine (C=N–C) groups is 1. The standard InChI is InChI=1S/C20H24N4.HI/c1-20(2,18-7-5-4-6-8-18)15-24-19(22-3)23-14-17-11-9-16(13-21)10-12-17;/h4-12H,14-15H2,1-3H3,(H2,22,23,24);1H. The van der Waals surface area contributed by atoms with Gasteiger partial charge in [0.15, 0.2) is 5.96 Å². The van der Waals surface area contributed by atoms with Gasteiger partial charge in [-0.3, -0.25) is 4.99 Å². The Labute approximate surface area is 167 Å². The van der Waals surface area contributed by atoms with Crippen molar-refractivity contribution < 1.29 is 0 Å². The van der Waals surface area contributed by atoms with Gasteiger partial charge in [0.1, 0.15) is 0 Å². The first-order valence-corrected chi connectivity index (χ1v) is 8.04. The molecule has 0 unspecified atom stereocenters. The summed E-state index contributed by atoms with van der Waals surface area (Å²) < 4.78 is 0. The molecule has 4 nitrogen and oxygen atoms in total. The first-order valence-electron chi connectivity index (χ1n) is 8.04. The second-order valence-electron chi connectivity index (χ2n) is 6.34. The summed E-state index contributed by atoms with van der Waals surface area (Å²) in [5.74, 6) is 0.767. The fourth-order valence-corrected chi connectivity index (χ4v) is 2.40. The van der Waals surface area contributed by atoms with Crippen molar-refractivity contribution in [2.45, 2.75) is 25.8 Å². The molecule has 0 bridgehead atoms. The van der Waals surface area contributed by atoms with Gasteiger partial charge in [-0.15, -0.1) is 24.0 Å². The van der Waals surface area contributed by atoms with E-state index >= 15 is 0 Å². The van der Waals surface area contributed by atoms with Gasteiger partial charge in [0.05, 0.1) is 11.6 Å². The third-order valence-electron chi connectivity index (χ3n) is 4.02. The van der Waals surface area contributed by atoms with Gasteiger partial charge in [-0.1, -0.05) is 56.3 Å². The monoisotopic (exact) mass is 448 g/mol. The van der Waals surface area contributed by atoms with Gasteiger partial charge in [0.2, 0.25) is 0 Å². The van der Waals surface area contributed by atoms with Crippen molar-refractivity contribution in [3.63, 3.8) is 0 Å². The van der Waals surface area contributed by atoms with E-state index in [9.17, 15) is 0 Å². The molecule has 5 heteroatoms. The van der Waals surface area contributed by atoms with E-state index in [0.29, 0.717) is 12.1 Å². The third-order valence-corrected chi connectivity index (χ3v) is 4.02. The molecular formula is C20H25IN4. The van der Waals surface area contributed by atoms with Gasteiger partial charge in [-0.25, -0.2) is 0 Å². The van der Waals surface area contributed by atoms with E-state index in [1.54, 1.807) is 7.05 Å². The average molecular weight is 448 g/mol. The van der Waals surface area contributed by atoms with Gasteiger partial charge < -0.3 is 10.6 Å². The topological polar surface area (TPSA) is 60.2 Å². The van der Waals surface area contributed by atoms with Crippen molar-refractivity contribution in [1.29, 1.82) is 5.26 Å². The number of nitrogens with one attached hydrogen (secondary N) is 2. The minimum atomic E-state index is 0. The lowest BCUT2D eigenvalue weighted by Gasteiger charge is -2.26. The maximum absolute atomic E-state index is 8.83. The molecule has 2 aromatic carbocycles. The molecule has 132 valence electrons. The molecule has 0 radical (unpaired) electrons. The molecule has 2 rings (SSSR count). The van der Waals surface area contributed by atoms with Crippen LogP contribution in [0.3, 0.4) is 0 Å². The van der Waals surface area contributed by atoms with Crippen LogP contribution in [0.1, 0.15) is 30.5 Å². The number of halogens is 1. The fourth-order valence-electron chi connectivity index (χ4n) is 2.40. The normalized spacial score (nSPS) is 11.2. The molecule has 2 aromatic rings. The Morgan fingerprint density at radius 1 is 1.04 bits per heavy atom. The molecule has 0 heterocycles. The smallest absolute Gasteiger partial charge is 0.191 e. The second-order valence-corrected chi connectivity index (χ2v) is 6.34. The van der Waals surface area contributed by atoms with E-state index in [4.69, 9.17) is 5.26 Å². The Kier molecular flexibility index (Phi) is 8.42. The lowest BCUT2D eigenvalue weighted by molar-refractivity contribution is 0.508. The van der Waals surface area contributed by atoms with Gasteiger partial charge >= 0.3 is 0 Å². The minimum absolute atomic E-state index is 0. The van der Waals surface area contributed by atoms with Crippen LogP contribution in [-0.4, -0.2) is 19.6 Å². The summed E-state index contributed by atoms with van der Waals surface area (Å²) >= 11 is 0. The number of guanidine groups is 1. The van der Waals surface area contributed by atoms with E-state index in [1.165, 1.54) is 5.56 Å². The van der Waals surface area contributed by atoms with E-state index in [2.05, 4.69) is 59.8 Å². The molecule has 0 spiro atoms. The zero-order chi connectivity index (χ0) is 17.4. The molecule has 0 aliphatic rings. The largest absolute Gasteiger partial charge is 0.356 e. The summed E-state index contributed by atoms with van der Waals surface area (Å²) in [4.78, 5) is 4.28. The van der Waals surface area contributed by atoms with E-state index in [0.717, 1.165) is 18.1 Å². The highest BCUT2D eigenvalue weighted by Gasteiger charge is 2.20. The number of hydrogen-bond donors (Lipinski definition) is 2. The molecule has 0 fully saturated rings. The van der Waals surface area contributed by atoms with Crippen LogP contribution in [0.2, 0.25) is 0 Å². The average Bonchev–Trinajstić information content (AvgIpc) is 2.63. The lowest BCUT2D eigenvalue weighted by Crippen LogP contribution is -2.43. The second kappa shape index (κ2) is 10.0. The first-order chi connectivity index (χ1) is 11.5. The van der Waals surface area contributed by atoms with E-state index < -0.39 is 0 Å². The van der Waals surface area contributed by atoms with Gasteiger partial charge in [0.25, 0.3) is 0 Å². The van der Waals surface area contributed by atoms with Crippen LogP contribution in [0.15, 0.2) is 59.6 Å². The van der Waals surface area contributed by atoms with Gasteiger partial charge in [0, 0.05) is 25.6 Å². The SMILES string of the molecule is CN=C(NCc1ccc(C#N)cc1)NCC(C)(C)c1ccccc1.I. The molecule has 0 aliphatic heterocycles. The Balaban J connectivity index is 0.00000312. The van der Waals surface area contributed by atoms with Crippen LogP contribution in [0, 0.1) is 11.3 Å². The third kappa shape index (κ3) is 6.39. The van der Waals surface area contributed by atoms with Crippen molar-refractivity contribution in [3.8, 4) is 6.07 Å². The van der Waals surface area contributed by atoms with Crippen LogP contribution in [0.4, 0.5) is 0 Å². The summed E-state index contributed by atoms with van der Waals surface area (Å²) in [6.45, 7) is 5.87. The summed E-state index contributed by atoms with van der Waals surface area (Å²) in [6, 6.07) is 20.1. The van der Waals surface area contributed by atoms with Crippen LogP contribution in [0.5, 0.6) is 0 Å². The Morgan fingerprint density at radius 3 is 2.24 bits per heavy atom. The summed E-state index contributed by atoms with van der Waals surface area (Å²) in [6.07, 6.45) is 0. The van der Waals surface area contributed by atoms with Gasteiger partial charge in [-0.05, 0) is 23.3 Å². The van der Waals surface area contributed by atoms with Crippen LogP contribution < -0.4 is 10.6 Å². The number of benzene rings is 2. The maximum Gasteiger partial charge on any atom is 0.191 e. The molecular weight excluding hydrogens is 423 g/mol. The zero-order valence-corrected chi connectivity index (χ0v) is 17.2. The van der Waals surface area contributed by atoms with Gasteiger partial charge in [-0.2, -0.15) is 5.26 Å². The highest BCUT2D eigenvalue weighted by atomic mass is 127. The van der Waals surface area contributed by atoms with Crippen molar-refractivity contribution in [2.24, 2.45) is 4.99 Å². The van der Waals surface area contributed by atoms with E-state index in [1.807, 2.05) is 30.3 Å². The minimum Gasteiger partial charge on any atom is -0.356 e. The predicted molar refractivity (Wildman–Crippen MR) is 114 cm³/mol. The summed E-state index contributed by atoms with van der Waals surface area (Å²) in [5, 5.41) is 15.5. The van der Waals surface area contributed by atoms with Crippen molar-refractivity contribution in [1.82, 2.24) is 10.6 Å². The van der Waals surface area contributed by atoms with Crippen molar-refractivity contribution >= 4 is 29.9 Å². The zero-order valence-electron chi connectivity index (χ0n) is 14.9. The molecule has 0 amide bonds. The summed E-state index contributed by atoms with van der Waals surface area (Å²) in [5.41, 5.74) is 3.08. The molecule has 0 aromatic heterocycles. The number of nitrogens with zero attached hydrogens (tertiary/aromatic N) is 2. The van der Waals surface area contributed by atoms with Crippen LogP contribution in [-0.2, 0) is 12.0 Å². The molecule has 25 heavy (non-hydrogen) atoms. The Bertz CT molecular complexity index is 716. The van der Waals surface area contributed by atoms with Crippen LogP contribution in [0.25, 0.3) is 0 Å². The quantitative estimate of drug-likeness (QED) is 0.416. The Hall–Kier alpha value is -2.07. The van der Waals surface area contributed by atoms with E-state index in [-0.39, 0.29) is 29.4 Å². The van der Waals surface area contributed by atoms with Crippen molar-refractivity contribution in [2.75, 3.05) is 13.6 Å². The first kappa shape index (κ1) is 21.0. The van der Waals surface area contributed by atoms with Crippen LogP contribution >= 0.6 is 24.0 Å².